The van der Waals surface area contributed by atoms with Gasteiger partial charge in [0.25, 0.3) is 0 Å². The lowest BCUT2D eigenvalue weighted by molar-refractivity contribution is 0.865. The third-order valence-electron chi connectivity index (χ3n) is 2.87. The molecule has 0 aromatic carbocycles. The highest BCUT2D eigenvalue weighted by atomic mass is 35.5. The third kappa shape index (κ3) is 2.19. The lowest BCUT2D eigenvalue weighted by Gasteiger charge is -2.17. The molecule has 0 aliphatic heterocycles. The van der Waals surface area contributed by atoms with Gasteiger partial charge in [-0.2, -0.15) is 0 Å². The Bertz CT molecular complexity index is 317. The summed E-state index contributed by atoms with van der Waals surface area (Å²) in [5.41, 5.74) is 4.45. The molecule has 14 heavy (non-hydrogen) atoms. The number of hydrogen-bond acceptors (Lipinski definition) is 0. The first kappa shape index (κ1) is 9.79. The highest BCUT2D eigenvalue weighted by Gasteiger charge is 2.11. The monoisotopic (exact) mass is 206 g/mol. The normalized spacial score (nSPS) is 22.1. The minimum absolute atomic E-state index is 0.983. The van der Waals surface area contributed by atoms with Crippen molar-refractivity contribution in [3.8, 4) is 0 Å². The van der Waals surface area contributed by atoms with Gasteiger partial charge >= 0.3 is 0 Å². The zero-order chi connectivity index (χ0) is 9.97. The summed E-state index contributed by atoms with van der Waals surface area (Å²) in [6.07, 6.45) is 13.2. The second-order valence-corrected chi connectivity index (χ2v) is 4.50. The Kier molecular flexibility index (Phi) is 2.93. The molecule has 74 valence electrons. The van der Waals surface area contributed by atoms with Crippen molar-refractivity contribution in [2.24, 2.45) is 0 Å². The van der Waals surface area contributed by atoms with Gasteiger partial charge in [-0.25, -0.2) is 0 Å². The van der Waals surface area contributed by atoms with Gasteiger partial charge in [-0.3, -0.25) is 0 Å². The standard InChI is InChI=1S/C13H15Cl/c1-10-2-4-11(5-3-10)12-6-8-13(14)9-7-12/h2,4,6,8H,3,5,7,9H2,1H3. The maximum absolute atomic E-state index is 5.93. The van der Waals surface area contributed by atoms with Gasteiger partial charge in [-0.15, -0.1) is 0 Å². The van der Waals surface area contributed by atoms with Crippen LogP contribution in [-0.2, 0) is 0 Å². The molecular formula is C13H15Cl. The topological polar surface area (TPSA) is 0 Å². The van der Waals surface area contributed by atoms with Crippen molar-refractivity contribution in [1.29, 1.82) is 0 Å². The zero-order valence-electron chi connectivity index (χ0n) is 8.52. The second kappa shape index (κ2) is 4.18. The average Bonchev–Trinajstić information content (AvgIpc) is 2.21. The predicted octanol–water partition coefficient (Wildman–Crippen LogP) is 4.50. The first-order chi connectivity index (χ1) is 6.75. The smallest absolute Gasteiger partial charge is 0.0184 e. The number of allylic oxidation sites excluding steroid dienone is 8. The number of rotatable bonds is 1. The summed E-state index contributed by atoms with van der Waals surface area (Å²) in [7, 11) is 0. The van der Waals surface area contributed by atoms with E-state index in [0.717, 1.165) is 17.9 Å². The van der Waals surface area contributed by atoms with Crippen molar-refractivity contribution in [1.82, 2.24) is 0 Å². The van der Waals surface area contributed by atoms with E-state index in [1.165, 1.54) is 29.6 Å². The van der Waals surface area contributed by atoms with Crippen molar-refractivity contribution in [3.05, 3.63) is 46.1 Å². The lowest BCUT2D eigenvalue weighted by atomic mass is 9.89. The van der Waals surface area contributed by atoms with Crippen LogP contribution in [0.15, 0.2) is 46.1 Å². The molecule has 0 saturated carbocycles. The molecule has 0 heterocycles. The summed E-state index contributed by atoms with van der Waals surface area (Å²) < 4.78 is 0. The molecule has 0 bridgehead atoms. The maximum Gasteiger partial charge on any atom is 0.0184 e. The van der Waals surface area contributed by atoms with Crippen LogP contribution in [0.1, 0.15) is 32.6 Å². The molecule has 0 unspecified atom stereocenters. The van der Waals surface area contributed by atoms with Crippen LogP contribution in [0.25, 0.3) is 0 Å². The third-order valence-corrected chi connectivity index (χ3v) is 3.18. The van der Waals surface area contributed by atoms with E-state index in [-0.39, 0.29) is 0 Å². The highest BCUT2D eigenvalue weighted by molar-refractivity contribution is 6.29. The van der Waals surface area contributed by atoms with Gasteiger partial charge in [-0.1, -0.05) is 35.4 Å². The fraction of sp³-hybridized carbons (Fsp3) is 0.385. The molecule has 0 radical (unpaired) electrons. The molecule has 0 atom stereocenters. The second-order valence-electron chi connectivity index (χ2n) is 4.01. The summed E-state index contributed by atoms with van der Waals surface area (Å²) in [6.45, 7) is 2.19. The van der Waals surface area contributed by atoms with Crippen molar-refractivity contribution in [2.75, 3.05) is 0 Å². The number of halogens is 1. The van der Waals surface area contributed by atoms with Crippen molar-refractivity contribution >= 4 is 11.6 Å². The average molecular weight is 207 g/mol. The Morgan fingerprint density at radius 2 is 1.50 bits per heavy atom. The minimum atomic E-state index is 0.983. The summed E-state index contributed by atoms with van der Waals surface area (Å²) >= 11 is 5.93. The van der Waals surface area contributed by atoms with Crippen molar-refractivity contribution in [3.63, 3.8) is 0 Å². The van der Waals surface area contributed by atoms with Gasteiger partial charge in [0.05, 0.1) is 0 Å². The summed E-state index contributed by atoms with van der Waals surface area (Å²) in [5.74, 6) is 0. The summed E-state index contributed by atoms with van der Waals surface area (Å²) in [5, 5.41) is 0.983. The van der Waals surface area contributed by atoms with Crippen LogP contribution in [0, 0.1) is 0 Å². The molecular weight excluding hydrogens is 192 g/mol. The van der Waals surface area contributed by atoms with E-state index >= 15 is 0 Å². The Labute approximate surface area is 90.7 Å². The Hall–Kier alpha value is -0.750. The highest BCUT2D eigenvalue weighted by Crippen LogP contribution is 2.30. The Morgan fingerprint density at radius 3 is 2.00 bits per heavy atom. The first-order valence-corrected chi connectivity index (χ1v) is 5.55. The van der Waals surface area contributed by atoms with Crippen LogP contribution >= 0.6 is 11.6 Å². The summed E-state index contributed by atoms with van der Waals surface area (Å²) in [6, 6.07) is 0. The van der Waals surface area contributed by atoms with Gasteiger partial charge in [0.1, 0.15) is 0 Å². The van der Waals surface area contributed by atoms with E-state index in [0.29, 0.717) is 0 Å². The molecule has 0 aromatic rings. The molecule has 0 fully saturated rings. The van der Waals surface area contributed by atoms with Gasteiger partial charge < -0.3 is 0 Å². The Morgan fingerprint density at radius 1 is 0.857 bits per heavy atom. The molecule has 0 aromatic heterocycles. The fourth-order valence-electron chi connectivity index (χ4n) is 1.89. The van der Waals surface area contributed by atoms with Gasteiger partial charge in [0, 0.05) is 5.03 Å². The van der Waals surface area contributed by atoms with Crippen molar-refractivity contribution in [2.45, 2.75) is 32.6 Å². The van der Waals surface area contributed by atoms with Crippen LogP contribution in [0.4, 0.5) is 0 Å². The quantitative estimate of drug-likeness (QED) is 0.593. The van der Waals surface area contributed by atoms with E-state index < -0.39 is 0 Å². The van der Waals surface area contributed by atoms with Crippen LogP contribution in [0.3, 0.4) is 0 Å². The molecule has 2 aliphatic rings. The predicted molar refractivity (Wildman–Crippen MR) is 62.3 cm³/mol. The molecule has 0 saturated heterocycles. The van der Waals surface area contributed by atoms with Crippen molar-refractivity contribution < 1.29 is 0 Å². The Balaban J connectivity index is 2.17. The SMILES string of the molecule is CC1=CC=C(C2=CC=C(Cl)CC2)CC1. The first-order valence-electron chi connectivity index (χ1n) is 5.17. The lowest BCUT2D eigenvalue weighted by Crippen LogP contribution is -1.98. The zero-order valence-corrected chi connectivity index (χ0v) is 9.27. The van der Waals surface area contributed by atoms with E-state index in [1.807, 2.05) is 6.08 Å². The van der Waals surface area contributed by atoms with E-state index in [9.17, 15) is 0 Å². The maximum atomic E-state index is 5.93. The molecule has 2 aliphatic carbocycles. The largest absolute Gasteiger partial charge is 0.0891 e. The van der Waals surface area contributed by atoms with E-state index in [2.05, 4.69) is 25.2 Å². The molecule has 0 N–H and O–H groups in total. The van der Waals surface area contributed by atoms with Crippen LogP contribution in [0.5, 0.6) is 0 Å². The van der Waals surface area contributed by atoms with Gasteiger partial charge in [-0.05, 0) is 49.8 Å². The molecule has 0 nitrogen and oxygen atoms in total. The van der Waals surface area contributed by atoms with E-state index in [1.54, 1.807) is 0 Å². The van der Waals surface area contributed by atoms with Gasteiger partial charge in [0.2, 0.25) is 0 Å². The van der Waals surface area contributed by atoms with Crippen LogP contribution in [0.2, 0.25) is 0 Å². The van der Waals surface area contributed by atoms with Gasteiger partial charge in [0.15, 0.2) is 0 Å². The summed E-state index contributed by atoms with van der Waals surface area (Å²) in [4.78, 5) is 0. The minimum Gasteiger partial charge on any atom is -0.0891 e. The van der Waals surface area contributed by atoms with E-state index in [4.69, 9.17) is 11.6 Å². The molecule has 0 amide bonds. The number of hydrogen-bond donors (Lipinski definition) is 0. The van der Waals surface area contributed by atoms with Crippen LogP contribution < -0.4 is 0 Å². The van der Waals surface area contributed by atoms with Crippen LogP contribution in [-0.4, -0.2) is 0 Å². The molecule has 0 spiro atoms. The fourth-order valence-corrected chi connectivity index (χ4v) is 2.05. The molecule has 1 heteroatoms. The molecule has 2 rings (SSSR count).